The SMILES string of the molecule is c1ccc(-c2cc(-c3ccccc3)nc(-n3c4ccccc4c4cc(-c5cccc(-c6ccc7sc8ccccc8c7c6)c5)ccc43)n2)cc1.c1ccc(-c2nc(-c3ccccc3)nc(-n3c4ccccc4c4cc(-c5cccc(-c6ccc7sc8ccccc8c7c6)c5)ccc43)n2)cc1.c1ccc(-c2nc(-c3ccccc3)nc(-n3c4ccccc4c4cc(-c5cccc(-c6cccc7c6sc6ccccc67)c5)ccc43)n2)cc1. The van der Waals surface area contributed by atoms with Gasteiger partial charge in [-0.05, 0) is 188 Å². The maximum Gasteiger partial charge on any atom is 0.238 e. The summed E-state index contributed by atoms with van der Waals surface area (Å²) >= 11 is 5.58. The van der Waals surface area contributed by atoms with Crippen LogP contribution in [0.3, 0.4) is 0 Å². The van der Waals surface area contributed by atoms with E-state index in [0.717, 1.165) is 111 Å². The number of fused-ring (bicyclic) bond motifs is 18. The van der Waals surface area contributed by atoms with Crippen molar-refractivity contribution in [1.29, 1.82) is 0 Å². The first-order chi connectivity index (χ1) is 74.3. The molecule has 14 heteroatoms. The zero-order valence-electron chi connectivity index (χ0n) is 80.7. The van der Waals surface area contributed by atoms with Crippen molar-refractivity contribution >= 4 is 160 Å². The Morgan fingerprint density at radius 3 is 0.733 bits per heavy atom. The van der Waals surface area contributed by atoms with Crippen molar-refractivity contribution < 1.29 is 0 Å². The third-order valence-electron chi connectivity index (χ3n) is 28.6. The van der Waals surface area contributed by atoms with Gasteiger partial charge in [0.25, 0.3) is 0 Å². The second-order valence-electron chi connectivity index (χ2n) is 37.6. The van der Waals surface area contributed by atoms with E-state index < -0.39 is 0 Å². The average molecular weight is 1970 g/mol. The predicted octanol–water partition coefficient (Wildman–Crippen LogP) is 36.6. The van der Waals surface area contributed by atoms with Crippen molar-refractivity contribution in [1.82, 2.24) is 53.6 Å². The normalized spacial score (nSPS) is 11.6. The van der Waals surface area contributed by atoms with Gasteiger partial charge in [-0.3, -0.25) is 13.7 Å². The van der Waals surface area contributed by atoms with Crippen molar-refractivity contribution in [3.63, 3.8) is 0 Å². The van der Waals surface area contributed by atoms with Gasteiger partial charge in [0.05, 0.1) is 44.5 Å². The van der Waals surface area contributed by atoms with Gasteiger partial charge in [-0.2, -0.15) is 19.9 Å². The third-order valence-corrected chi connectivity index (χ3v) is 32.1. The van der Waals surface area contributed by atoms with Crippen LogP contribution in [0, 0.1) is 0 Å². The number of rotatable bonds is 15. The Hall–Kier alpha value is -19.2. The number of nitrogens with zero attached hydrogens (tertiary/aromatic N) is 11. The first kappa shape index (κ1) is 88.5. The molecule has 0 bridgehead atoms. The van der Waals surface area contributed by atoms with Crippen molar-refractivity contribution in [2.75, 3.05) is 0 Å². The van der Waals surface area contributed by atoms with Gasteiger partial charge in [0.15, 0.2) is 23.3 Å². The highest BCUT2D eigenvalue weighted by atomic mass is 32.1. The lowest BCUT2D eigenvalue weighted by Gasteiger charge is -2.12. The summed E-state index contributed by atoms with van der Waals surface area (Å²) in [5.74, 6) is 4.41. The Labute approximate surface area is 875 Å². The highest BCUT2D eigenvalue weighted by Crippen LogP contribution is 2.47. The number of hydrogen-bond acceptors (Lipinski definition) is 11. The summed E-state index contributed by atoms with van der Waals surface area (Å²) in [6.45, 7) is 0. The summed E-state index contributed by atoms with van der Waals surface area (Å²) in [5, 5.41) is 14.8. The Bertz CT molecular complexity index is 9910. The molecule has 702 valence electrons. The maximum atomic E-state index is 5.19. The lowest BCUT2D eigenvalue weighted by Crippen LogP contribution is -2.06. The van der Waals surface area contributed by atoms with Crippen LogP contribution in [-0.2, 0) is 0 Å². The molecule has 21 aromatic carbocycles. The molecule has 0 aliphatic heterocycles. The number of hydrogen-bond donors (Lipinski definition) is 0. The molecule has 150 heavy (non-hydrogen) atoms. The zero-order valence-corrected chi connectivity index (χ0v) is 83.2. The van der Waals surface area contributed by atoms with E-state index in [1.807, 2.05) is 167 Å². The Kier molecular flexibility index (Phi) is 22.3. The standard InChI is InChI=1S/C46H29N3S.2C45H28N4S/c1-3-12-30(13-4-1)40-29-41(31-14-5-2-6-15-31)48-46(47-40)49-42-20-9-7-18-36(42)38-27-34(22-24-43(38)49)32-16-11-17-33(26-32)35-23-25-45-39(28-35)37-19-8-10-21-44(37)50-45;1-3-13-29(14-4-1)43-46-44(30-15-5-2-6-16-30)48-45(47-43)49-39-23-9-7-19-35(39)38-28-32(25-26-40(38)49)31-17-11-18-33(27-31)34-21-12-22-37-36-20-8-10-24-41(36)50-42(34)37;1-3-12-29(13-4-1)43-46-44(30-14-5-2-6-15-30)48-45(47-43)49-39-20-9-7-18-35(39)37-27-33(22-24-40(37)49)31-16-11-17-32(26-31)34-23-25-42-38(28-34)36-19-8-10-21-41(36)50-42/h1-29H;2*1-28H. The van der Waals surface area contributed by atoms with E-state index in [4.69, 9.17) is 39.9 Å². The van der Waals surface area contributed by atoms with Crippen LogP contribution in [0.2, 0.25) is 0 Å². The van der Waals surface area contributed by atoms with E-state index in [1.165, 1.54) is 127 Å². The minimum atomic E-state index is 0.593. The topological polar surface area (TPSA) is 118 Å². The Morgan fingerprint density at radius 2 is 0.373 bits per heavy atom. The maximum absolute atomic E-state index is 5.19. The van der Waals surface area contributed by atoms with Gasteiger partial charge in [0.2, 0.25) is 17.8 Å². The van der Waals surface area contributed by atoms with Gasteiger partial charge < -0.3 is 0 Å². The van der Waals surface area contributed by atoms with Crippen LogP contribution in [-0.4, -0.2) is 53.6 Å². The molecule has 0 saturated carbocycles. The van der Waals surface area contributed by atoms with Crippen LogP contribution in [0.25, 0.3) is 279 Å². The summed E-state index contributed by atoms with van der Waals surface area (Å²) in [7, 11) is 0. The molecule has 9 aromatic heterocycles. The second kappa shape index (κ2) is 37.7. The lowest BCUT2D eigenvalue weighted by molar-refractivity contribution is 0.953. The first-order valence-electron chi connectivity index (χ1n) is 50.2. The minimum Gasteiger partial charge on any atom is -0.278 e. The van der Waals surface area contributed by atoms with E-state index >= 15 is 0 Å². The molecule has 9 heterocycles. The van der Waals surface area contributed by atoms with Gasteiger partial charge >= 0.3 is 0 Å². The Balaban J connectivity index is 0.000000108. The predicted molar refractivity (Wildman–Crippen MR) is 629 cm³/mol. The van der Waals surface area contributed by atoms with Gasteiger partial charge in [0, 0.05) is 126 Å². The second-order valence-corrected chi connectivity index (χ2v) is 40.8. The molecule has 0 radical (unpaired) electrons. The van der Waals surface area contributed by atoms with Gasteiger partial charge in [-0.25, -0.2) is 19.9 Å². The summed E-state index contributed by atoms with van der Waals surface area (Å²) in [4.78, 5) is 40.5. The Morgan fingerprint density at radius 1 is 0.133 bits per heavy atom. The van der Waals surface area contributed by atoms with E-state index in [1.54, 1.807) is 0 Å². The molecule has 30 aromatic rings. The number of aromatic nitrogens is 11. The molecular weight excluding hydrogens is 1880 g/mol. The fourth-order valence-corrected chi connectivity index (χ4v) is 24.8. The highest BCUT2D eigenvalue weighted by molar-refractivity contribution is 7.27. The molecule has 0 N–H and O–H groups in total. The minimum absolute atomic E-state index is 0.593. The molecule has 0 aliphatic rings. The molecule has 0 amide bonds. The van der Waals surface area contributed by atoms with Crippen molar-refractivity contribution in [3.8, 4) is 153 Å². The van der Waals surface area contributed by atoms with Crippen LogP contribution >= 0.6 is 34.0 Å². The summed E-state index contributed by atoms with van der Waals surface area (Å²) in [5.41, 5.74) is 28.4. The molecule has 0 spiro atoms. The van der Waals surface area contributed by atoms with Crippen LogP contribution in [0.1, 0.15) is 0 Å². The molecular formula is C136H85N11S3. The van der Waals surface area contributed by atoms with Gasteiger partial charge in [-0.1, -0.05) is 394 Å². The summed E-state index contributed by atoms with van der Waals surface area (Å²) in [6.07, 6.45) is 0. The lowest BCUT2D eigenvalue weighted by atomic mass is 9.97. The summed E-state index contributed by atoms with van der Waals surface area (Å²) < 4.78 is 14.5. The fourth-order valence-electron chi connectivity index (χ4n) is 21.4. The largest absolute Gasteiger partial charge is 0.278 e. The molecule has 0 fully saturated rings. The smallest absolute Gasteiger partial charge is 0.238 e. The van der Waals surface area contributed by atoms with E-state index in [2.05, 4.69) is 396 Å². The zero-order chi connectivity index (χ0) is 99.1. The average Bonchev–Trinajstić information content (AvgIpc) is 1.59. The molecule has 30 rings (SSSR count). The number of benzene rings is 21. The van der Waals surface area contributed by atoms with Crippen LogP contribution in [0.5, 0.6) is 0 Å². The molecule has 0 saturated heterocycles. The quantitative estimate of drug-likeness (QED) is 0.0996. The van der Waals surface area contributed by atoms with E-state index in [9.17, 15) is 0 Å². The molecule has 0 atom stereocenters. The van der Waals surface area contributed by atoms with Crippen LogP contribution < -0.4 is 0 Å². The van der Waals surface area contributed by atoms with E-state index in [-0.39, 0.29) is 0 Å². The summed E-state index contributed by atoms with van der Waals surface area (Å²) in [6, 6.07) is 182. The van der Waals surface area contributed by atoms with Gasteiger partial charge in [0.1, 0.15) is 0 Å². The molecule has 11 nitrogen and oxygen atoms in total. The third kappa shape index (κ3) is 16.2. The monoisotopic (exact) mass is 1970 g/mol. The molecule has 0 unspecified atom stereocenters. The van der Waals surface area contributed by atoms with Crippen molar-refractivity contribution in [3.05, 3.63) is 516 Å². The van der Waals surface area contributed by atoms with Crippen molar-refractivity contribution in [2.45, 2.75) is 0 Å². The van der Waals surface area contributed by atoms with Crippen LogP contribution in [0.4, 0.5) is 0 Å². The fraction of sp³-hybridized carbons (Fsp3) is 0. The van der Waals surface area contributed by atoms with Gasteiger partial charge in [-0.15, -0.1) is 34.0 Å². The molecule has 0 aliphatic carbocycles. The van der Waals surface area contributed by atoms with Crippen molar-refractivity contribution in [2.24, 2.45) is 0 Å². The van der Waals surface area contributed by atoms with E-state index in [0.29, 0.717) is 41.1 Å². The number of para-hydroxylation sites is 3. The highest BCUT2D eigenvalue weighted by Gasteiger charge is 2.26. The first-order valence-corrected chi connectivity index (χ1v) is 52.7. The van der Waals surface area contributed by atoms with Crippen LogP contribution in [0.15, 0.2) is 516 Å². The number of thiophene rings is 3.